The lowest BCUT2D eigenvalue weighted by molar-refractivity contribution is 0.251. The fourth-order valence-corrected chi connectivity index (χ4v) is 3.31. The highest BCUT2D eigenvalue weighted by Gasteiger charge is 2.18. The lowest BCUT2D eigenvalue weighted by atomic mass is 10.2. The molecule has 0 spiro atoms. The van der Waals surface area contributed by atoms with Gasteiger partial charge in [-0.1, -0.05) is 6.07 Å². The Morgan fingerprint density at radius 1 is 1.27 bits per heavy atom. The van der Waals surface area contributed by atoms with Crippen molar-refractivity contribution in [2.45, 2.75) is 6.54 Å². The van der Waals surface area contributed by atoms with Crippen LogP contribution in [0, 0.1) is 0 Å². The van der Waals surface area contributed by atoms with E-state index in [-0.39, 0.29) is 12.4 Å². The summed E-state index contributed by atoms with van der Waals surface area (Å²) < 4.78 is 5.29. The molecular formula is C15H21ClN4OS. The molecule has 0 aliphatic carbocycles. The quantitative estimate of drug-likeness (QED) is 0.926. The average molecular weight is 341 g/mol. The summed E-state index contributed by atoms with van der Waals surface area (Å²) in [5.41, 5.74) is 6.91. The highest BCUT2D eigenvalue weighted by molar-refractivity contribution is 7.15. The van der Waals surface area contributed by atoms with Gasteiger partial charge in [-0.15, -0.1) is 23.7 Å². The molecule has 1 aliphatic rings. The van der Waals surface area contributed by atoms with Gasteiger partial charge in [-0.2, -0.15) is 0 Å². The van der Waals surface area contributed by atoms with E-state index in [1.165, 1.54) is 10.6 Å². The molecule has 0 unspecified atom stereocenters. The maximum Gasteiger partial charge on any atom is 0.180 e. The number of methoxy groups -OCH3 is 1. The first-order valence-electron chi connectivity index (χ1n) is 7.06. The second-order valence-electron chi connectivity index (χ2n) is 5.13. The molecule has 0 radical (unpaired) electrons. The second-order valence-corrected chi connectivity index (χ2v) is 6.28. The van der Waals surface area contributed by atoms with Crippen molar-refractivity contribution in [1.29, 1.82) is 0 Å². The molecule has 22 heavy (non-hydrogen) atoms. The zero-order valence-corrected chi connectivity index (χ0v) is 14.2. The molecule has 0 amide bonds. The van der Waals surface area contributed by atoms with Crippen molar-refractivity contribution < 1.29 is 4.74 Å². The molecule has 0 saturated carbocycles. The van der Waals surface area contributed by atoms with Crippen molar-refractivity contribution in [3.05, 3.63) is 35.3 Å². The number of benzene rings is 1. The highest BCUT2D eigenvalue weighted by atomic mass is 35.5. The van der Waals surface area contributed by atoms with Gasteiger partial charge in [0.15, 0.2) is 5.13 Å². The number of nitrogens with zero attached hydrogens (tertiary/aromatic N) is 3. The third kappa shape index (κ3) is 4.03. The van der Waals surface area contributed by atoms with Crippen LogP contribution in [0.4, 0.5) is 10.8 Å². The summed E-state index contributed by atoms with van der Waals surface area (Å²) in [6.07, 6.45) is 1.88. The molecule has 2 aromatic rings. The summed E-state index contributed by atoms with van der Waals surface area (Å²) in [5, 5.41) is 0.653. The lowest BCUT2D eigenvalue weighted by Crippen LogP contribution is -2.45. The van der Waals surface area contributed by atoms with Crippen molar-refractivity contribution in [2.24, 2.45) is 0 Å². The Kier molecular flexibility index (Phi) is 5.88. The van der Waals surface area contributed by atoms with Gasteiger partial charge in [-0.05, 0) is 12.1 Å². The van der Waals surface area contributed by atoms with Crippen LogP contribution in [0.25, 0.3) is 0 Å². The summed E-state index contributed by atoms with van der Waals surface area (Å²) in [5.74, 6) is 0.912. The average Bonchev–Trinajstić information content (AvgIpc) is 2.93. The van der Waals surface area contributed by atoms with Crippen molar-refractivity contribution in [1.82, 2.24) is 9.88 Å². The number of rotatable bonds is 4. The van der Waals surface area contributed by atoms with Crippen LogP contribution in [-0.2, 0) is 6.54 Å². The van der Waals surface area contributed by atoms with Crippen LogP contribution in [0.5, 0.6) is 5.75 Å². The summed E-state index contributed by atoms with van der Waals surface area (Å²) >= 11 is 1.58. The lowest BCUT2D eigenvalue weighted by Gasteiger charge is -2.35. The Morgan fingerprint density at radius 3 is 2.68 bits per heavy atom. The highest BCUT2D eigenvalue weighted by Crippen LogP contribution is 2.23. The maximum absolute atomic E-state index is 5.68. The van der Waals surface area contributed by atoms with Gasteiger partial charge in [0.25, 0.3) is 0 Å². The van der Waals surface area contributed by atoms with Crippen LogP contribution in [0.2, 0.25) is 0 Å². The number of halogens is 1. The number of hydrogen-bond donors (Lipinski definition) is 1. The molecule has 3 rings (SSSR count). The standard InChI is InChI=1S/C15H20N4OS.ClH/c1-20-13-4-2-3-12(9-13)19-7-5-18(6-8-19)11-14-10-17-15(16)21-14;/h2-4,9-10H,5-8,11H2,1H3,(H2,16,17);1H. The minimum Gasteiger partial charge on any atom is -0.497 e. The Hall–Kier alpha value is -1.50. The Balaban J connectivity index is 0.00000176. The summed E-state index contributed by atoms with van der Waals surface area (Å²) in [6, 6.07) is 8.26. The number of anilines is 2. The zero-order chi connectivity index (χ0) is 14.7. The van der Waals surface area contributed by atoms with E-state index in [1.54, 1.807) is 18.4 Å². The first-order valence-corrected chi connectivity index (χ1v) is 7.88. The zero-order valence-electron chi connectivity index (χ0n) is 12.6. The molecule has 0 bridgehead atoms. The van der Waals surface area contributed by atoms with E-state index in [0.717, 1.165) is 38.5 Å². The Labute approximate surface area is 141 Å². The van der Waals surface area contributed by atoms with Crippen LogP contribution >= 0.6 is 23.7 Å². The normalized spacial score (nSPS) is 15.4. The summed E-state index contributed by atoms with van der Waals surface area (Å²) in [4.78, 5) is 10.2. The molecule has 1 aromatic heterocycles. The number of ether oxygens (including phenoxy) is 1. The molecule has 2 heterocycles. The summed E-state index contributed by atoms with van der Waals surface area (Å²) in [7, 11) is 1.71. The molecule has 2 N–H and O–H groups in total. The fraction of sp³-hybridized carbons (Fsp3) is 0.400. The molecule has 120 valence electrons. The molecule has 1 aromatic carbocycles. The van der Waals surface area contributed by atoms with Gasteiger partial charge in [-0.25, -0.2) is 4.98 Å². The van der Waals surface area contributed by atoms with Crippen LogP contribution in [-0.4, -0.2) is 43.2 Å². The maximum atomic E-state index is 5.68. The third-order valence-corrected chi connectivity index (χ3v) is 4.55. The van der Waals surface area contributed by atoms with Crippen molar-refractivity contribution >= 4 is 34.6 Å². The van der Waals surface area contributed by atoms with Crippen molar-refractivity contribution in [3.8, 4) is 5.75 Å². The number of hydrogen-bond acceptors (Lipinski definition) is 6. The first kappa shape index (κ1) is 16.9. The second kappa shape index (κ2) is 7.67. The number of nitrogens with two attached hydrogens (primary N) is 1. The van der Waals surface area contributed by atoms with E-state index in [2.05, 4.69) is 26.9 Å². The number of piperazine rings is 1. The molecule has 5 nitrogen and oxygen atoms in total. The van der Waals surface area contributed by atoms with E-state index in [9.17, 15) is 0 Å². The summed E-state index contributed by atoms with van der Waals surface area (Å²) in [6.45, 7) is 5.10. The third-order valence-electron chi connectivity index (χ3n) is 3.74. The van der Waals surface area contributed by atoms with E-state index < -0.39 is 0 Å². The van der Waals surface area contributed by atoms with E-state index in [1.807, 2.05) is 18.3 Å². The van der Waals surface area contributed by atoms with Gasteiger partial charge in [0.1, 0.15) is 5.75 Å². The largest absolute Gasteiger partial charge is 0.497 e. The van der Waals surface area contributed by atoms with Crippen LogP contribution in [0.3, 0.4) is 0 Å². The smallest absolute Gasteiger partial charge is 0.180 e. The topological polar surface area (TPSA) is 54.6 Å². The first-order chi connectivity index (χ1) is 10.2. The fourth-order valence-electron chi connectivity index (χ4n) is 2.59. The van der Waals surface area contributed by atoms with Gasteiger partial charge < -0.3 is 15.4 Å². The minimum absolute atomic E-state index is 0. The number of nitrogen functional groups attached to an aromatic ring is 1. The SMILES string of the molecule is COc1cccc(N2CCN(Cc3cnc(N)s3)CC2)c1.Cl. The molecule has 7 heteroatoms. The van der Waals surface area contributed by atoms with E-state index in [4.69, 9.17) is 10.5 Å². The number of aromatic nitrogens is 1. The predicted octanol–water partition coefficient (Wildman–Crippen LogP) is 2.48. The minimum atomic E-state index is 0. The van der Waals surface area contributed by atoms with E-state index >= 15 is 0 Å². The molecular weight excluding hydrogens is 320 g/mol. The van der Waals surface area contributed by atoms with E-state index in [0.29, 0.717) is 5.13 Å². The van der Waals surface area contributed by atoms with Crippen molar-refractivity contribution in [2.75, 3.05) is 43.9 Å². The molecule has 1 fully saturated rings. The monoisotopic (exact) mass is 340 g/mol. The number of thiazole rings is 1. The van der Waals surface area contributed by atoms with Gasteiger partial charge >= 0.3 is 0 Å². The van der Waals surface area contributed by atoms with Gasteiger partial charge in [0, 0.05) is 55.6 Å². The Morgan fingerprint density at radius 2 is 2.05 bits per heavy atom. The molecule has 1 saturated heterocycles. The van der Waals surface area contributed by atoms with Gasteiger partial charge in [0.05, 0.1) is 7.11 Å². The van der Waals surface area contributed by atoms with Crippen LogP contribution in [0.1, 0.15) is 4.88 Å². The molecule has 1 aliphatic heterocycles. The van der Waals surface area contributed by atoms with Crippen LogP contribution < -0.4 is 15.4 Å². The van der Waals surface area contributed by atoms with Crippen LogP contribution in [0.15, 0.2) is 30.5 Å². The van der Waals surface area contributed by atoms with Gasteiger partial charge in [0.2, 0.25) is 0 Å². The molecule has 0 atom stereocenters. The predicted molar refractivity (Wildman–Crippen MR) is 94.3 cm³/mol. The van der Waals surface area contributed by atoms with Crippen molar-refractivity contribution in [3.63, 3.8) is 0 Å². The van der Waals surface area contributed by atoms with Gasteiger partial charge in [-0.3, -0.25) is 4.90 Å². The Bertz CT molecular complexity index is 599.